The second-order valence-corrected chi connectivity index (χ2v) is 7.39. The summed E-state index contributed by atoms with van der Waals surface area (Å²) in [5.41, 5.74) is 3.45. The van der Waals surface area contributed by atoms with Crippen LogP contribution in [0.4, 0.5) is 10.8 Å². The van der Waals surface area contributed by atoms with Crippen molar-refractivity contribution in [2.45, 2.75) is 19.3 Å². The summed E-state index contributed by atoms with van der Waals surface area (Å²) in [7, 11) is 1.82. The molecule has 1 aliphatic rings. The lowest BCUT2D eigenvalue weighted by molar-refractivity contribution is 0.0784. The van der Waals surface area contributed by atoms with E-state index in [0.717, 1.165) is 35.2 Å². The zero-order chi connectivity index (χ0) is 18.1. The van der Waals surface area contributed by atoms with Crippen molar-refractivity contribution >= 4 is 28.1 Å². The number of hydrogen-bond acceptors (Lipinski definition) is 6. The van der Waals surface area contributed by atoms with Crippen LogP contribution in [0, 0.1) is 6.92 Å². The first-order valence-electron chi connectivity index (χ1n) is 8.52. The highest BCUT2D eigenvalue weighted by Crippen LogP contribution is 2.30. The SMILES string of the molecule is Cc1cc(Nc2nccs2)cc(C2CCN(C(=O)c3ccn(C)n3)C2)n1. The number of pyridine rings is 1. The maximum Gasteiger partial charge on any atom is 0.274 e. The third-order valence-electron chi connectivity index (χ3n) is 4.48. The predicted octanol–water partition coefficient (Wildman–Crippen LogP) is 2.95. The Kier molecular flexibility index (Phi) is 4.42. The average Bonchev–Trinajstić information content (AvgIpc) is 3.35. The van der Waals surface area contributed by atoms with Crippen molar-refractivity contribution in [3.05, 3.63) is 53.1 Å². The van der Waals surface area contributed by atoms with Gasteiger partial charge in [-0.3, -0.25) is 14.5 Å². The maximum atomic E-state index is 12.6. The maximum absolute atomic E-state index is 12.6. The summed E-state index contributed by atoms with van der Waals surface area (Å²) < 4.78 is 1.65. The number of aryl methyl sites for hydroxylation is 2. The van der Waals surface area contributed by atoms with Gasteiger partial charge in [0, 0.05) is 60.9 Å². The number of carbonyl (C=O) groups is 1. The molecule has 1 amide bonds. The molecular formula is C18H20N6OS. The van der Waals surface area contributed by atoms with Crippen molar-refractivity contribution in [2.24, 2.45) is 7.05 Å². The van der Waals surface area contributed by atoms with Crippen molar-refractivity contribution in [2.75, 3.05) is 18.4 Å². The number of aromatic nitrogens is 4. The lowest BCUT2D eigenvalue weighted by Gasteiger charge is -2.16. The van der Waals surface area contributed by atoms with Crippen molar-refractivity contribution in [1.29, 1.82) is 0 Å². The fourth-order valence-corrected chi connectivity index (χ4v) is 3.81. The summed E-state index contributed by atoms with van der Waals surface area (Å²) in [4.78, 5) is 23.4. The van der Waals surface area contributed by atoms with Crippen LogP contribution in [0.1, 0.15) is 34.2 Å². The number of nitrogens with zero attached hydrogens (tertiary/aromatic N) is 5. The molecule has 1 atom stereocenters. The fourth-order valence-electron chi connectivity index (χ4n) is 3.26. The van der Waals surface area contributed by atoms with Crippen LogP contribution in [0.3, 0.4) is 0 Å². The number of rotatable bonds is 4. The molecule has 8 heteroatoms. The van der Waals surface area contributed by atoms with E-state index in [0.29, 0.717) is 12.2 Å². The fraction of sp³-hybridized carbons (Fsp3) is 0.333. The first-order chi connectivity index (χ1) is 12.6. The molecule has 0 aliphatic carbocycles. The van der Waals surface area contributed by atoms with Gasteiger partial charge in [0.15, 0.2) is 5.13 Å². The summed E-state index contributed by atoms with van der Waals surface area (Å²) >= 11 is 1.56. The van der Waals surface area contributed by atoms with Crippen molar-refractivity contribution in [3.8, 4) is 0 Å². The van der Waals surface area contributed by atoms with Crippen molar-refractivity contribution in [1.82, 2.24) is 24.6 Å². The van der Waals surface area contributed by atoms with E-state index in [2.05, 4.69) is 21.5 Å². The van der Waals surface area contributed by atoms with Crippen LogP contribution in [-0.4, -0.2) is 43.6 Å². The van der Waals surface area contributed by atoms with E-state index < -0.39 is 0 Å². The Hall–Kier alpha value is -2.74. The van der Waals surface area contributed by atoms with Gasteiger partial charge in [0.05, 0.1) is 0 Å². The molecule has 7 nitrogen and oxygen atoms in total. The van der Waals surface area contributed by atoms with Crippen LogP contribution in [0.15, 0.2) is 36.0 Å². The molecule has 1 N–H and O–H groups in total. The summed E-state index contributed by atoms with van der Waals surface area (Å²) in [6.45, 7) is 3.38. The molecule has 26 heavy (non-hydrogen) atoms. The van der Waals surface area contributed by atoms with Gasteiger partial charge in [0.1, 0.15) is 5.69 Å². The topological polar surface area (TPSA) is 75.9 Å². The van der Waals surface area contributed by atoms with Gasteiger partial charge in [0.2, 0.25) is 0 Å². The van der Waals surface area contributed by atoms with E-state index in [1.54, 1.807) is 34.5 Å². The Morgan fingerprint density at radius 3 is 3.00 bits per heavy atom. The summed E-state index contributed by atoms with van der Waals surface area (Å²) in [5, 5.41) is 10.3. The Balaban J connectivity index is 1.49. The highest BCUT2D eigenvalue weighted by Gasteiger charge is 2.30. The number of carbonyl (C=O) groups excluding carboxylic acids is 1. The number of thiazole rings is 1. The van der Waals surface area contributed by atoms with Gasteiger partial charge in [-0.15, -0.1) is 11.3 Å². The molecule has 1 saturated heterocycles. The van der Waals surface area contributed by atoms with Gasteiger partial charge in [-0.05, 0) is 31.5 Å². The first kappa shape index (κ1) is 16.7. The highest BCUT2D eigenvalue weighted by molar-refractivity contribution is 7.13. The molecule has 4 rings (SSSR count). The van der Waals surface area contributed by atoms with Gasteiger partial charge in [-0.1, -0.05) is 0 Å². The van der Waals surface area contributed by atoms with E-state index in [9.17, 15) is 4.79 Å². The van der Waals surface area contributed by atoms with Crippen LogP contribution in [0.2, 0.25) is 0 Å². The number of anilines is 2. The Morgan fingerprint density at radius 2 is 2.27 bits per heavy atom. The van der Waals surface area contributed by atoms with Gasteiger partial charge >= 0.3 is 0 Å². The summed E-state index contributed by atoms with van der Waals surface area (Å²) in [6.07, 6.45) is 4.48. The molecule has 0 aromatic carbocycles. The summed E-state index contributed by atoms with van der Waals surface area (Å²) in [6, 6.07) is 5.83. The van der Waals surface area contributed by atoms with Crippen LogP contribution in [0.5, 0.6) is 0 Å². The Labute approximate surface area is 155 Å². The molecule has 3 aromatic heterocycles. The van der Waals surface area contributed by atoms with Gasteiger partial charge < -0.3 is 10.2 Å². The lowest BCUT2D eigenvalue weighted by atomic mass is 10.0. The van der Waals surface area contributed by atoms with E-state index in [4.69, 9.17) is 4.98 Å². The lowest BCUT2D eigenvalue weighted by Crippen LogP contribution is -2.29. The zero-order valence-corrected chi connectivity index (χ0v) is 15.5. The number of likely N-dealkylation sites (tertiary alicyclic amines) is 1. The van der Waals surface area contributed by atoms with E-state index in [1.807, 2.05) is 30.3 Å². The molecule has 0 bridgehead atoms. The normalized spacial score (nSPS) is 16.8. The highest BCUT2D eigenvalue weighted by atomic mass is 32.1. The third kappa shape index (κ3) is 3.45. The first-order valence-corrected chi connectivity index (χ1v) is 9.40. The second-order valence-electron chi connectivity index (χ2n) is 6.50. The monoisotopic (exact) mass is 368 g/mol. The molecule has 0 spiro atoms. The van der Waals surface area contributed by atoms with Crippen molar-refractivity contribution in [3.63, 3.8) is 0 Å². The standard InChI is InChI=1S/C18H20N6OS/c1-12-9-14(21-18-19-5-8-26-18)10-16(20-12)13-3-7-24(11-13)17(25)15-4-6-23(2)22-15/h4-6,8-10,13H,3,7,11H2,1-2H3,(H,19,20,21). The third-order valence-corrected chi connectivity index (χ3v) is 5.17. The predicted molar refractivity (Wildman–Crippen MR) is 101 cm³/mol. The molecule has 134 valence electrons. The number of nitrogens with one attached hydrogen (secondary N) is 1. The van der Waals surface area contributed by atoms with Gasteiger partial charge in [-0.25, -0.2) is 4.98 Å². The largest absolute Gasteiger partial charge is 0.337 e. The van der Waals surface area contributed by atoms with Crippen LogP contribution >= 0.6 is 11.3 Å². The molecule has 4 heterocycles. The Morgan fingerprint density at radius 1 is 1.38 bits per heavy atom. The molecule has 1 fully saturated rings. The van der Waals surface area contributed by atoms with Gasteiger partial charge in [0.25, 0.3) is 5.91 Å². The molecule has 0 saturated carbocycles. The van der Waals surface area contributed by atoms with Gasteiger partial charge in [-0.2, -0.15) is 5.10 Å². The minimum absolute atomic E-state index is 0.0121. The Bertz CT molecular complexity index is 920. The van der Waals surface area contributed by atoms with Crippen LogP contribution in [-0.2, 0) is 7.05 Å². The second kappa shape index (κ2) is 6.87. The van der Waals surface area contributed by atoms with Crippen LogP contribution in [0.25, 0.3) is 0 Å². The average molecular weight is 368 g/mol. The van der Waals surface area contributed by atoms with E-state index in [1.165, 1.54) is 0 Å². The van der Waals surface area contributed by atoms with Crippen molar-refractivity contribution < 1.29 is 4.79 Å². The van der Waals surface area contributed by atoms with E-state index >= 15 is 0 Å². The smallest absolute Gasteiger partial charge is 0.274 e. The summed E-state index contributed by atoms with van der Waals surface area (Å²) in [5.74, 6) is 0.223. The molecule has 0 radical (unpaired) electrons. The molecule has 3 aromatic rings. The minimum atomic E-state index is -0.0121. The zero-order valence-electron chi connectivity index (χ0n) is 14.7. The van der Waals surface area contributed by atoms with Crippen LogP contribution < -0.4 is 5.32 Å². The molecular weight excluding hydrogens is 348 g/mol. The number of amides is 1. The quantitative estimate of drug-likeness (QED) is 0.766. The molecule has 1 aliphatic heterocycles. The molecule has 1 unspecified atom stereocenters. The number of hydrogen-bond donors (Lipinski definition) is 1. The minimum Gasteiger partial charge on any atom is -0.337 e. The van der Waals surface area contributed by atoms with E-state index in [-0.39, 0.29) is 11.8 Å².